The molecule has 0 unspecified atom stereocenters. The van der Waals surface area contributed by atoms with Crippen LogP contribution < -0.4 is 16.0 Å². The lowest BCUT2D eigenvalue weighted by molar-refractivity contribution is -0.140. The average molecular weight is 478 g/mol. The summed E-state index contributed by atoms with van der Waals surface area (Å²) in [7, 11) is 1.74. The summed E-state index contributed by atoms with van der Waals surface area (Å²) in [6.45, 7) is 0.353. The van der Waals surface area contributed by atoms with Gasteiger partial charge in [-0.15, -0.1) is 0 Å². The third kappa shape index (κ3) is 6.62. The van der Waals surface area contributed by atoms with Gasteiger partial charge in [0.2, 0.25) is 6.29 Å². The van der Waals surface area contributed by atoms with E-state index in [9.17, 15) is 31.9 Å². The number of amides is 2. The highest BCUT2D eigenvalue weighted by Crippen LogP contribution is 2.48. The number of halogens is 4. The molecular formula is C23H22F4N4O3. The fourth-order valence-electron chi connectivity index (χ4n) is 3.19. The summed E-state index contributed by atoms with van der Waals surface area (Å²) in [4.78, 5) is 34.3. The van der Waals surface area contributed by atoms with Crippen molar-refractivity contribution in [3.8, 4) is 6.07 Å². The minimum atomic E-state index is -4.84. The standard InChI is InChI=1S/C20H16F4N2O3.C3H6N2/c21-17-14(6-3-7-15(17)20(22,23)24)19(8-9-19)26-18(29)13-5-2-1-4-12(13)10-25-16(28)11-27;1-5-3-2-4/h1-7,11H,8-10H2,(H,25,28)(H,26,29);5H,3H2,1H3. The zero-order valence-corrected chi connectivity index (χ0v) is 18.1. The highest BCUT2D eigenvalue weighted by molar-refractivity contribution is 6.23. The third-order valence-electron chi connectivity index (χ3n) is 5.00. The molecule has 3 N–H and O–H groups in total. The molecule has 0 aliphatic heterocycles. The number of carbonyl (C=O) groups is 3. The van der Waals surface area contributed by atoms with Gasteiger partial charge in [0, 0.05) is 17.7 Å². The molecule has 2 aromatic rings. The van der Waals surface area contributed by atoms with Gasteiger partial charge in [-0.2, -0.15) is 18.4 Å². The Morgan fingerprint density at radius 3 is 2.35 bits per heavy atom. The van der Waals surface area contributed by atoms with Crippen LogP contribution in [-0.2, 0) is 27.8 Å². The fourth-order valence-corrected chi connectivity index (χ4v) is 3.19. The minimum absolute atomic E-state index is 0.0912. The molecule has 0 radical (unpaired) electrons. The summed E-state index contributed by atoms with van der Waals surface area (Å²) < 4.78 is 53.6. The fraction of sp³-hybridized carbons (Fsp3) is 0.304. The molecule has 0 heterocycles. The van der Waals surface area contributed by atoms with Crippen LogP contribution >= 0.6 is 0 Å². The van der Waals surface area contributed by atoms with E-state index >= 15 is 0 Å². The maximum Gasteiger partial charge on any atom is 0.419 e. The monoisotopic (exact) mass is 478 g/mol. The van der Waals surface area contributed by atoms with Gasteiger partial charge in [0.25, 0.3) is 11.8 Å². The maximum atomic E-state index is 14.5. The second-order valence-corrected chi connectivity index (χ2v) is 7.38. The van der Waals surface area contributed by atoms with E-state index in [1.807, 2.05) is 6.07 Å². The molecule has 1 saturated carbocycles. The SMILES string of the molecule is CNCC#N.O=CC(=O)NCc1ccccc1C(=O)NC1(c2cccc(C(F)(F)F)c2F)CC1. The molecule has 0 bridgehead atoms. The number of nitrogens with zero attached hydrogens (tertiary/aromatic N) is 1. The van der Waals surface area contributed by atoms with Crippen molar-refractivity contribution in [2.75, 3.05) is 13.6 Å². The summed E-state index contributed by atoms with van der Waals surface area (Å²) in [5.41, 5.74) is -2.25. The number of nitrogens with one attached hydrogen (secondary N) is 3. The van der Waals surface area contributed by atoms with Gasteiger partial charge in [-0.3, -0.25) is 14.4 Å². The number of nitriles is 1. The van der Waals surface area contributed by atoms with Crippen molar-refractivity contribution in [2.45, 2.75) is 31.1 Å². The third-order valence-corrected chi connectivity index (χ3v) is 5.00. The van der Waals surface area contributed by atoms with Crippen molar-refractivity contribution in [3.63, 3.8) is 0 Å². The Morgan fingerprint density at radius 2 is 1.82 bits per heavy atom. The van der Waals surface area contributed by atoms with Crippen LogP contribution in [0, 0.1) is 17.1 Å². The molecule has 2 aromatic carbocycles. The van der Waals surface area contributed by atoms with Gasteiger partial charge in [-0.25, -0.2) is 4.39 Å². The maximum absolute atomic E-state index is 14.5. The van der Waals surface area contributed by atoms with Crippen molar-refractivity contribution in [2.24, 2.45) is 0 Å². The predicted octanol–water partition coefficient (Wildman–Crippen LogP) is 2.81. The van der Waals surface area contributed by atoms with Crippen molar-refractivity contribution in [3.05, 3.63) is 70.5 Å². The highest BCUT2D eigenvalue weighted by Gasteiger charge is 2.49. The molecule has 180 valence electrons. The Bertz CT molecular complexity index is 1090. The number of benzene rings is 2. The first-order valence-corrected chi connectivity index (χ1v) is 10.1. The summed E-state index contributed by atoms with van der Waals surface area (Å²) in [5.74, 6) is -2.87. The van der Waals surface area contributed by atoms with E-state index in [0.29, 0.717) is 31.0 Å². The van der Waals surface area contributed by atoms with Crippen molar-refractivity contribution >= 4 is 18.1 Å². The molecular weight excluding hydrogens is 456 g/mol. The van der Waals surface area contributed by atoms with Crippen LogP contribution in [0.4, 0.5) is 17.6 Å². The van der Waals surface area contributed by atoms with Crippen LogP contribution in [0.2, 0.25) is 0 Å². The largest absolute Gasteiger partial charge is 0.419 e. The van der Waals surface area contributed by atoms with Gasteiger partial charge in [0.05, 0.1) is 23.7 Å². The lowest BCUT2D eigenvalue weighted by atomic mass is 9.99. The van der Waals surface area contributed by atoms with E-state index in [0.717, 1.165) is 6.07 Å². The highest BCUT2D eigenvalue weighted by atomic mass is 19.4. The smallest absolute Gasteiger partial charge is 0.346 e. The van der Waals surface area contributed by atoms with E-state index in [2.05, 4.69) is 16.0 Å². The Labute approximate surface area is 193 Å². The summed E-state index contributed by atoms with van der Waals surface area (Å²) >= 11 is 0. The Kier molecular flexibility index (Phi) is 8.86. The van der Waals surface area contributed by atoms with Crippen LogP contribution in [0.3, 0.4) is 0 Å². The van der Waals surface area contributed by atoms with Crippen LogP contribution in [-0.4, -0.2) is 31.7 Å². The number of carbonyl (C=O) groups excluding carboxylic acids is 3. The van der Waals surface area contributed by atoms with Gasteiger partial charge in [0.15, 0.2) is 0 Å². The normalized spacial score (nSPS) is 13.5. The van der Waals surface area contributed by atoms with Crippen molar-refractivity contribution < 1.29 is 31.9 Å². The van der Waals surface area contributed by atoms with Crippen LogP contribution in [0.15, 0.2) is 42.5 Å². The van der Waals surface area contributed by atoms with Crippen LogP contribution in [0.25, 0.3) is 0 Å². The summed E-state index contributed by atoms with van der Waals surface area (Å²) in [6.07, 6.45) is -4.16. The molecule has 0 spiro atoms. The molecule has 1 fully saturated rings. The molecule has 2 amide bonds. The number of rotatable bonds is 7. The van der Waals surface area contributed by atoms with E-state index < -0.39 is 34.9 Å². The second kappa shape index (κ2) is 11.4. The number of alkyl halides is 3. The first-order chi connectivity index (χ1) is 16.1. The zero-order chi connectivity index (χ0) is 25.4. The molecule has 1 aliphatic rings. The lowest BCUT2D eigenvalue weighted by Crippen LogP contribution is -2.37. The van der Waals surface area contributed by atoms with Gasteiger partial charge in [-0.1, -0.05) is 30.3 Å². The molecule has 7 nitrogen and oxygen atoms in total. The first-order valence-electron chi connectivity index (χ1n) is 10.1. The second-order valence-electron chi connectivity index (χ2n) is 7.38. The quantitative estimate of drug-likeness (QED) is 0.245. The van der Waals surface area contributed by atoms with E-state index in [1.165, 1.54) is 12.1 Å². The average Bonchev–Trinajstić information content (AvgIpc) is 3.58. The molecule has 34 heavy (non-hydrogen) atoms. The summed E-state index contributed by atoms with van der Waals surface area (Å²) in [5, 5.41) is 15.4. The van der Waals surface area contributed by atoms with Gasteiger partial charge in [0.1, 0.15) is 5.82 Å². The molecule has 0 saturated heterocycles. The van der Waals surface area contributed by atoms with E-state index in [-0.39, 0.29) is 24.0 Å². The molecule has 0 aromatic heterocycles. The van der Waals surface area contributed by atoms with Gasteiger partial charge >= 0.3 is 6.18 Å². The van der Waals surface area contributed by atoms with Crippen molar-refractivity contribution in [1.82, 2.24) is 16.0 Å². The molecule has 3 rings (SSSR count). The Balaban J connectivity index is 0.000000739. The number of aldehydes is 1. The van der Waals surface area contributed by atoms with Gasteiger partial charge < -0.3 is 16.0 Å². The minimum Gasteiger partial charge on any atom is -0.346 e. The Morgan fingerprint density at radius 1 is 1.15 bits per heavy atom. The number of hydrogen-bond acceptors (Lipinski definition) is 5. The first kappa shape index (κ1) is 26.5. The number of hydrogen-bond donors (Lipinski definition) is 3. The van der Waals surface area contributed by atoms with E-state index in [4.69, 9.17) is 5.26 Å². The zero-order valence-electron chi connectivity index (χ0n) is 18.1. The van der Waals surface area contributed by atoms with Gasteiger partial charge in [-0.05, 0) is 37.6 Å². The van der Waals surface area contributed by atoms with Crippen molar-refractivity contribution in [1.29, 1.82) is 5.26 Å². The molecule has 11 heteroatoms. The summed E-state index contributed by atoms with van der Waals surface area (Å²) in [6, 6.07) is 11.1. The predicted molar refractivity (Wildman–Crippen MR) is 114 cm³/mol. The molecule has 1 aliphatic carbocycles. The lowest BCUT2D eigenvalue weighted by Gasteiger charge is -2.21. The Hall–Kier alpha value is -3.78. The van der Waals surface area contributed by atoms with E-state index in [1.54, 1.807) is 25.2 Å². The van der Waals surface area contributed by atoms with Crippen LogP contribution in [0.1, 0.15) is 39.9 Å². The topological polar surface area (TPSA) is 111 Å². The van der Waals surface area contributed by atoms with Crippen LogP contribution in [0.5, 0.6) is 0 Å². The molecule has 0 atom stereocenters.